The molecule has 1 heterocycles. The number of nitrogens with one attached hydrogen (secondary N) is 2. The fourth-order valence-corrected chi connectivity index (χ4v) is 1.35. The number of carbonyl (C=O) groups excluding carboxylic acids is 1. The third-order valence-corrected chi connectivity index (χ3v) is 4.51. The van der Waals surface area contributed by atoms with Gasteiger partial charge in [-0.15, -0.1) is 0 Å². The Labute approximate surface area is 94.4 Å². The van der Waals surface area contributed by atoms with E-state index in [4.69, 9.17) is 0 Å². The predicted molar refractivity (Wildman–Crippen MR) is 59.4 cm³/mol. The molecule has 0 radical (unpaired) electrons. The van der Waals surface area contributed by atoms with E-state index < -0.39 is 20.5 Å². The number of aromatic amines is 1. The van der Waals surface area contributed by atoms with Crippen molar-refractivity contribution in [2.24, 2.45) is 0 Å². The number of hydrogen-bond acceptors (Lipinski definition) is 4. The van der Waals surface area contributed by atoms with Gasteiger partial charge in [0, 0.05) is 12.5 Å². The number of amides is 1. The first kappa shape index (κ1) is 12.7. The molecule has 0 fully saturated rings. The standard InChI is InChI=1S/C9H15N3O3S/c1-9(2,16(3,14)15)8(13)10-6-7-4-5-11-12-7/h4-5H,6H2,1-3H3,(H,10,13)(H,11,12). The summed E-state index contributed by atoms with van der Waals surface area (Å²) in [5.74, 6) is -0.524. The SMILES string of the molecule is CC(C)(C(=O)NCc1ccn[nH]1)S(C)(=O)=O. The van der Waals surface area contributed by atoms with Crippen molar-refractivity contribution in [3.63, 3.8) is 0 Å². The molecule has 1 aromatic heterocycles. The van der Waals surface area contributed by atoms with Crippen LogP contribution in [0.2, 0.25) is 0 Å². The van der Waals surface area contributed by atoms with Crippen molar-refractivity contribution < 1.29 is 13.2 Å². The molecule has 7 heteroatoms. The third kappa shape index (κ3) is 2.60. The van der Waals surface area contributed by atoms with Gasteiger partial charge in [0.25, 0.3) is 0 Å². The van der Waals surface area contributed by atoms with Gasteiger partial charge in [0.15, 0.2) is 9.84 Å². The molecule has 16 heavy (non-hydrogen) atoms. The fourth-order valence-electron chi connectivity index (χ4n) is 0.940. The molecule has 1 amide bonds. The Morgan fingerprint density at radius 1 is 1.56 bits per heavy atom. The summed E-state index contributed by atoms with van der Waals surface area (Å²) < 4.78 is 21.3. The van der Waals surface area contributed by atoms with Crippen LogP contribution in [-0.2, 0) is 21.2 Å². The monoisotopic (exact) mass is 245 g/mol. The summed E-state index contributed by atoms with van der Waals surface area (Å²) in [6.07, 6.45) is 2.60. The Hall–Kier alpha value is -1.37. The van der Waals surface area contributed by atoms with Gasteiger partial charge in [-0.05, 0) is 19.9 Å². The number of nitrogens with zero attached hydrogens (tertiary/aromatic N) is 1. The molecule has 6 nitrogen and oxygen atoms in total. The van der Waals surface area contributed by atoms with Gasteiger partial charge in [0.2, 0.25) is 5.91 Å². The lowest BCUT2D eigenvalue weighted by atomic mass is 10.2. The zero-order valence-electron chi connectivity index (χ0n) is 9.44. The average Bonchev–Trinajstić information content (AvgIpc) is 2.64. The summed E-state index contributed by atoms with van der Waals surface area (Å²) in [5, 5.41) is 8.93. The maximum atomic E-state index is 11.7. The fraction of sp³-hybridized carbons (Fsp3) is 0.556. The maximum absolute atomic E-state index is 11.7. The quantitative estimate of drug-likeness (QED) is 0.771. The number of sulfone groups is 1. The van der Waals surface area contributed by atoms with E-state index in [1.807, 2.05) is 0 Å². The molecule has 0 saturated carbocycles. The largest absolute Gasteiger partial charge is 0.349 e. The molecule has 0 aliphatic rings. The Morgan fingerprint density at radius 3 is 2.62 bits per heavy atom. The van der Waals surface area contributed by atoms with E-state index in [0.717, 1.165) is 11.9 Å². The molecular weight excluding hydrogens is 230 g/mol. The van der Waals surface area contributed by atoms with Gasteiger partial charge in [0.05, 0.1) is 12.2 Å². The number of aromatic nitrogens is 2. The molecule has 1 aromatic rings. The molecule has 0 bridgehead atoms. The van der Waals surface area contributed by atoms with E-state index in [0.29, 0.717) is 0 Å². The molecule has 0 spiro atoms. The number of hydrogen-bond donors (Lipinski definition) is 2. The normalized spacial score (nSPS) is 12.4. The Bertz CT molecular complexity index is 462. The first-order valence-electron chi connectivity index (χ1n) is 4.71. The summed E-state index contributed by atoms with van der Waals surface area (Å²) in [5.41, 5.74) is 0.720. The summed E-state index contributed by atoms with van der Waals surface area (Å²) in [6, 6.07) is 1.70. The van der Waals surface area contributed by atoms with Crippen LogP contribution in [0.15, 0.2) is 12.3 Å². The van der Waals surface area contributed by atoms with Crippen LogP contribution in [-0.4, -0.2) is 35.5 Å². The van der Waals surface area contributed by atoms with Crippen LogP contribution >= 0.6 is 0 Å². The van der Waals surface area contributed by atoms with Gasteiger partial charge in [-0.2, -0.15) is 5.10 Å². The van der Waals surface area contributed by atoms with E-state index >= 15 is 0 Å². The zero-order chi connectivity index (χ0) is 12.4. The first-order valence-corrected chi connectivity index (χ1v) is 6.60. The number of H-pyrrole nitrogens is 1. The van der Waals surface area contributed by atoms with Crippen LogP contribution in [0.1, 0.15) is 19.5 Å². The van der Waals surface area contributed by atoms with Gasteiger partial charge >= 0.3 is 0 Å². The van der Waals surface area contributed by atoms with Crippen molar-refractivity contribution in [1.82, 2.24) is 15.5 Å². The van der Waals surface area contributed by atoms with Crippen molar-refractivity contribution >= 4 is 15.7 Å². The Kier molecular flexibility index (Phi) is 3.37. The average molecular weight is 245 g/mol. The van der Waals surface area contributed by atoms with Crippen molar-refractivity contribution in [2.45, 2.75) is 25.1 Å². The Morgan fingerprint density at radius 2 is 2.19 bits per heavy atom. The third-order valence-electron chi connectivity index (χ3n) is 2.47. The maximum Gasteiger partial charge on any atom is 0.241 e. The highest BCUT2D eigenvalue weighted by atomic mass is 32.2. The van der Waals surface area contributed by atoms with Gasteiger partial charge in [0.1, 0.15) is 4.75 Å². The van der Waals surface area contributed by atoms with Crippen LogP contribution in [0.4, 0.5) is 0 Å². The van der Waals surface area contributed by atoms with E-state index in [-0.39, 0.29) is 6.54 Å². The Balaban J connectivity index is 2.66. The molecule has 0 atom stereocenters. The minimum absolute atomic E-state index is 0.234. The molecule has 0 aliphatic carbocycles. The zero-order valence-corrected chi connectivity index (χ0v) is 10.3. The molecule has 0 aromatic carbocycles. The second-order valence-electron chi connectivity index (χ2n) is 4.05. The lowest BCUT2D eigenvalue weighted by molar-refractivity contribution is -0.123. The predicted octanol–water partition coefficient (Wildman–Crippen LogP) is -0.151. The number of carbonyl (C=O) groups is 1. The van der Waals surface area contributed by atoms with Crippen LogP contribution in [0.5, 0.6) is 0 Å². The molecule has 0 aliphatic heterocycles. The van der Waals surface area contributed by atoms with E-state index in [9.17, 15) is 13.2 Å². The first-order chi connectivity index (χ1) is 7.25. The molecule has 0 unspecified atom stereocenters. The van der Waals surface area contributed by atoms with Crippen LogP contribution in [0.3, 0.4) is 0 Å². The smallest absolute Gasteiger partial charge is 0.241 e. The van der Waals surface area contributed by atoms with Gasteiger partial charge in [-0.1, -0.05) is 0 Å². The van der Waals surface area contributed by atoms with Crippen molar-refractivity contribution in [3.8, 4) is 0 Å². The van der Waals surface area contributed by atoms with Crippen molar-refractivity contribution in [3.05, 3.63) is 18.0 Å². The summed E-state index contributed by atoms with van der Waals surface area (Å²) in [4.78, 5) is 11.7. The van der Waals surface area contributed by atoms with Crippen LogP contribution < -0.4 is 5.32 Å². The van der Waals surface area contributed by atoms with E-state index in [1.54, 1.807) is 12.3 Å². The van der Waals surface area contributed by atoms with Gasteiger partial charge in [-0.3, -0.25) is 9.89 Å². The van der Waals surface area contributed by atoms with Crippen molar-refractivity contribution in [2.75, 3.05) is 6.26 Å². The second kappa shape index (κ2) is 4.25. The molecular formula is C9H15N3O3S. The van der Waals surface area contributed by atoms with E-state index in [2.05, 4.69) is 15.5 Å². The highest BCUT2D eigenvalue weighted by molar-refractivity contribution is 7.92. The topological polar surface area (TPSA) is 91.9 Å². The molecule has 90 valence electrons. The molecule has 0 saturated heterocycles. The second-order valence-corrected chi connectivity index (χ2v) is 6.61. The molecule has 2 N–H and O–H groups in total. The summed E-state index contributed by atoms with van der Waals surface area (Å²) in [7, 11) is -3.43. The lowest BCUT2D eigenvalue weighted by Gasteiger charge is -2.21. The van der Waals surface area contributed by atoms with Gasteiger partial charge in [-0.25, -0.2) is 8.42 Å². The highest BCUT2D eigenvalue weighted by Gasteiger charge is 2.38. The van der Waals surface area contributed by atoms with Crippen molar-refractivity contribution in [1.29, 1.82) is 0 Å². The van der Waals surface area contributed by atoms with Crippen LogP contribution in [0.25, 0.3) is 0 Å². The summed E-state index contributed by atoms with van der Waals surface area (Å²) >= 11 is 0. The summed E-state index contributed by atoms with van der Waals surface area (Å²) in [6.45, 7) is 2.99. The van der Waals surface area contributed by atoms with Gasteiger partial charge < -0.3 is 5.32 Å². The lowest BCUT2D eigenvalue weighted by Crippen LogP contribution is -2.47. The molecule has 1 rings (SSSR count). The van der Waals surface area contributed by atoms with E-state index in [1.165, 1.54) is 13.8 Å². The number of rotatable bonds is 4. The minimum Gasteiger partial charge on any atom is -0.349 e. The highest BCUT2D eigenvalue weighted by Crippen LogP contribution is 2.15. The van der Waals surface area contributed by atoms with Crippen LogP contribution in [0, 0.1) is 0 Å². The minimum atomic E-state index is -3.43.